The number of hydrogen-bond acceptors (Lipinski definition) is 3. The van der Waals surface area contributed by atoms with Gasteiger partial charge in [0.05, 0.1) is 12.1 Å². The fourth-order valence-electron chi connectivity index (χ4n) is 2.93. The van der Waals surface area contributed by atoms with Crippen LogP contribution in [0.4, 0.5) is 5.69 Å². The van der Waals surface area contributed by atoms with Gasteiger partial charge < -0.3 is 10.4 Å². The van der Waals surface area contributed by atoms with Crippen molar-refractivity contribution in [2.24, 2.45) is 0 Å². The number of fused-ring (bicyclic) bond motifs is 2. The Morgan fingerprint density at radius 1 is 1.11 bits per heavy atom. The number of rotatable bonds is 3. The number of pyridine rings is 1. The number of aryl methyl sites for hydroxylation is 1. The minimum absolute atomic E-state index is 0.158. The van der Waals surface area contributed by atoms with Crippen LogP contribution in [0, 0.1) is 0 Å². The zero-order valence-corrected chi connectivity index (χ0v) is 11.2. The topological polar surface area (TPSA) is 45.1 Å². The highest BCUT2D eigenvalue weighted by Gasteiger charge is 2.16. The summed E-state index contributed by atoms with van der Waals surface area (Å²) in [6, 6.07) is 8.28. The maximum absolute atomic E-state index is 9.08. The standard InChI is InChI=1S/C16H20N2O/c19-11-10-17-16-12-6-2-1-3-8-14(12)18-15-9-5-4-7-13(15)16/h4-5,7,9,19H,1-3,6,8,10-11H2,(H,17,18). The highest BCUT2D eigenvalue weighted by molar-refractivity contribution is 5.93. The summed E-state index contributed by atoms with van der Waals surface area (Å²) in [5.41, 5.74) is 4.86. The summed E-state index contributed by atoms with van der Waals surface area (Å²) in [6.45, 7) is 0.756. The molecule has 0 unspecified atom stereocenters. The van der Waals surface area contributed by atoms with Crippen molar-refractivity contribution in [3.05, 3.63) is 35.5 Å². The first-order chi connectivity index (χ1) is 9.40. The number of aliphatic hydroxyl groups excluding tert-OH is 1. The third-order valence-electron chi connectivity index (χ3n) is 3.83. The van der Waals surface area contributed by atoms with Gasteiger partial charge in [-0.05, 0) is 37.3 Å². The number of aliphatic hydroxyl groups is 1. The lowest BCUT2D eigenvalue weighted by Gasteiger charge is -2.16. The van der Waals surface area contributed by atoms with Gasteiger partial charge in [-0.15, -0.1) is 0 Å². The lowest BCUT2D eigenvalue weighted by molar-refractivity contribution is 0.311. The number of para-hydroxylation sites is 1. The van der Waals surface area contributed by atoms with Crippen molar-refractivity contribution in [3.63, 3.8) is 0 Å². The van der Waals surface area contributed by atoms with Gasteiger partial charge in [-0.25, -0.2) is 0 Å². The Kier molecular flexibility index (Phi) is 3.65. The van der Waals surface area contributed by atoms with Crippen molar-refractivity contribution in [2.75, 3.05) is 18.5 Å². The van der Waals surface area contributed by atoms with Crippen molar-refractivity contribution >= 4 is 16.6 Å². The van der Waals surface area contributed by atoms with Gasteiger partial charge in [0.2, 0.25) is 0 Å². The van der Waals surface area contributed by atoms with E-state index in [1.54, 1.807) is 0 Å². The Morgan fingerprint density at radius 2 is 1.95 bits per heavy atom. The molecule has 1 aliphatic carbocycles. The molecule has 0 spiro atoms. The van der Waals surface area contributed by atoms with E-state index in [1.807, 2.05) is 6.07 Å². The zero-order chi connectivity index (χ0) is 13.1. The van der Waals surface area contributed by atoms with Crippen LogP contribution in [-0.4, -0.2) is 23.2 Å². The van der Waals surface area contributed by atoms with Gasteiger partial charge in [0.15, 0.2) is 0 Å². The first-order valence-corrected chi connectivity index (χ1v) is 7.15. The largest absolute Gasteiger partial charge is 0.395 e. The molecule has 0 amide bonds. The van der Waals surface area contributed by atoms with E-state index in [2.05, 4.69) is 23.5 Å². The Bertz CT molecular complexity index is 580. The fourth-order valence-corrected chi connectivity index (χ4v) is 2.93. The second-order valence-corrected chi connectivity index (χ2v) is 5.14. The first-order valence-electron chi connectivity index (χ1n) is 7.15. The molecule has 2 aromatic rings. The SMILES string of the molecule is OCCNc1c2c(nc3ccccc13)CCCCC2. The van der Waals surface area contributed by atoms with Crippen molar-refractivity contribution in [2.45, 2.75) is 32.1 Å². The van der Waals surface area contributed by atoms with Crippen LogP contribution in [0.3, 0.4) is 0 Å². The van der Waals surface area contributed by atoms with Gasteiger partial charge in [-0.3, -0.25) is 4.98 Å². The summed E-state index contributed by atoms with van der Waals surface area (Å²) in [5, 5.41) is 13.7. The number of anilines is 1. The molecular weight excluding hydrogens is 236 g/mol. The summed E-state index contributed by atoms with van der Waals surface area (Å²) in [4.78, 5) is 4.84. The number of hydrogen-bond donors (Lipinski definition) is 2. The Labute approximate surface area is 113 Å². The Hall–Kier alpha value is -1.61. The molecular formula is C16H20N2O. The molecule has 0 atom stereocenters. The summed E-state index contributed by atoms with van der Waals surface area (Å²) in [7, 11) is 0. The predicted octanol–water partition coefficient (Wildman–Crippen LogP) is 2.91. The molecule has 0 saturated carbocycles. The molecule has 0 fully saturated rings. The highest BCUT2D eigenvalue weighted by atomic mass is 16.3. The van der Waals surface area contributed by atoms with Gasteiger partial charge in [0.25, 0.3) is 0 Å². The molecule has 1 aromatic heterocycles. The van der Waals surface area contributed by atoms with Crippen molar-refractivity contribution in [1.29, 1.82) is 0 Å². The lowest BCUT2D eigenvalue weighted by atomic mass is 10.0. The molecule has 3 heteroatoms. The lowest BCUT2D eigenvalue weighted by Crippen LogP contribution is -2.10. The molecule has 0 saturated heterocycles. The molecule has 0 radical (unpaired) electrons. The summed E-state index contributed by atoms with van der Waals surface area (Å²) in [5.74, 6) is 0. The number of nitrogens with one attached hydrogen (secondary N) is 1. The second kappa shape index (κ2) is 5.57. The predicted molar refractivity (Wildman–Crippen MR) is 78.6 cm³/mol. The van der Waals surface area contributed by atoms with Gasteiger partial charge in [-0.1, -0.05) is 24.6 Å². The molecule has 0 aliphatic heterocycles. The Balaban J connectivity index is 2.17. The minimum Gasteiger partial charge on any atom is -0.395 e. The van der Waals surface area contributed by atoms with E-state index < -0.39 is 0 Å². The third-order valence-corrected chi connectivity index (χ3v) is 3.83. The highest BCUT2D eigenvalue weighted by Crippen LogP contribution is 2.32. The quantitative estimate of drug-likeness (QED) is 0.830. The van der Waals surface area contributed by atoms with Crippen LogP contribution in [0.2, 0.25) is 0 Å². The van der Waals surface area contributed by atoms with E-state index in [1.165, 1.54) is 41.6 Å². The molecule has 1 heterocycles. The number of nitrogens with zero attached hydrogens (tertiary/aromatic N) is 1. The van der Waals surface area contributed by atoms with Crippen LogP contribution in [0.15, 0.2) is 24.3 Å². The second-order valence-electron chi connectivity index (χ2n) is 5.14. The van der Waals surface area contributed by atoms with Crippen molar-refractivity contribution < 1.29 is 5.11 Å². The average molecular weight is 256 g/mol. The molecule has 19 heavy (non-hydrogen) atoms. The van der Waals surface area contributed by atoms with Crippen LogP contribution in [0.25, 0.3) is 10.9 Å². The van der Waals surface area contributed by atoms with Crippen molar-refractivity contribution in [1.82, 2.24) is 4.98 Å². The van der Waals surface area contributed by atoms with Gasteiger partial charge in [0, 0.05) is 23.3 Å². The summed E-state index contributed by atoms with van der Waals surface area (Å²) in [6.07, 6.45) is 5.93. The molecule has 1 aliphatic rings. The molecule has 100 valence electrons. The van der Waals surface area contributed by atoms with Crippen LogP contribution in [-0.2, 0) is 12.8 Å². The average Bonchev–Trinajstić information content (AvgIpc) is 2.68. The van der Waals surface area contributed by atoms with Gasteiger partial charge >= 0.3 is 0 Å². The first kappa shape index (κ1) is 12.4. The minimum atomic E-state index is 0.158. The molecule has 1 aromatic carbocycles. The van der Waals surface area contributed by atoms with E-state index in [-0.39, 0.29) is 6.61 Å². The summed E-state index contributed by atoms with van der Waals surface area (Å²) >= 11 is 0. The zero-order valence-electron chi connectivity index (χ0n) is 11.2. The van der Waals surface area contributed by atoms with E-state index in [0.29, 0.717) is 6.54 Å². The fraction of sp³-hybridized carbons (Fsp3) is 0.438. The molecule has 3 rings (SSSR count). The van der Waals surface area contributed by atoms with Crippen LogP contribution >= 0.6 is 0 Å². The molecule has 0 bridgehead atoms. The van der Waals surface area contributed by atoms with E-state index in [0.717, 1.165) is 18.4 Å². The smallest absolute Gasteiger partial charge is 0.0726 e. The molecule has 3 nitrogen and oxygen atoms in total. The third kappa shape index (κ3) is 2.43. The van der Waals surface area contributed by atoms with Crippen LogP contribution in [0.1, 0.15) is 30.5 Å². The maximum Gasteiger partial charge on any atom is 0.0726 e. The maximum atomic E-state index is 9.08. The van der Waals surface area contributed by atoms with E-state index >= 15 is 0 Å². The van der Waals surface area contributed by atoms with Gasteiger partial charge in [0.1, 0.15) is 0 Å². The molecule has 2 N–H and O–H groups in total. The number of benzene rings is 1. The number of aromatic nitrogens is 1. The van der Waals surface area contributed by atoms with E-state index in [4.69, 9.17) is 10.1 Å². The Morgan fingerprint density at radius 3 is 2.84 bits per heavy atom. The monoisotopic (exact) mass is 256 g/mol. The van der Waals surface area contributed by atoms with Gasteiger partial charge in [-0.2, -0.15) is 0 Å². The van der Waals surface area contributed by atoms with Crippen molar-refractivity contribution in [3.8, 4) is 0 Å². The summed E-state index contributed by atoms with van der Waals surface area (Å²) < 4.78 is 0. The van der Waals surface area contributed by atoms with E-state index in [9.17, 15) is 0 Å². The normalized spacial score (nSPS) is 15.0. The van der Waals surface area contributed by atoms with Crippen LogP contribution < -0.4 is 5.32 Å². The van der Waals surface area contributed by atoms with Crippen LogP contribution in [0.5, 0.6) is 0 Å².